The summed E-state index contributed by atoms with van der Waals surface area (Å²) in [5, 5.41) is 4.20. The first-order valence-corrected chi connectivity index (χ1v) is 11.4. The molecular formula is C23H27N3O3S. The molecule has 0 spiro atoms. The number of carbonyl (C=O) groups is 1. The van der Waals surface area contributed by atoms with Crippen molar-refractivity contribution in [2.75, 3.05) is 13.7 Å². The number of methoxy groups -OCH3 is 1. The van der Waals surface area contributed by atoms with Gasteiger partial charge in [0.05, 0.1) is 24.0 Å². The number of hydrogen-bond donors (Lipinski definition) is 1. The Bertz CT molecular complexity index is 955. The zero-order valence-corrected chi connectivity index (χ0v) is 18.1. The lowest BCUT2D eigenvalue weighted by Crippen LogP contribution is -2.25. The number of aryl methyl sites for hydroxylation is 4. The Hall–Kier alpha value is -2.67. The molecule has 158 valence electrons. The quantitative estimate of drug-likeness (QED) is 0.515. The maximum absolute atomic E-state index is 12.1. The molecule has 1 aromatic carbocycles. The molecule has 2 aromatic heterocycles. The molecule has 3 aromatic rings. The van der Waals surface area contributed by atoms with E-state index in [1.165, 1.54) is 34.8 Å². The van der Waals surface area contributed by atoms with E-state index >= 15 is 0 Å². The first-order chi connectivity index (χ1) is 14.7. The van der Waals surface area contributed by atoms with E-state index in [1.54, 1.807) is 13.3 Å². The minimum Gasteiger partial charge on any atom is -0.497 e. The van der Waals surface area contributed by atoms with Crippen LogP contribution in [-0.4, -0.2) is 29.5 Å². The number of thiazole rings is 1. The molecule has 0 radical (unpaired) electrons. The van der Waals surface area contributed by atoms with Crippen molar-refractivity contribution < 1.29 is 13.9 Å². The number of benzene rings is 1. The summed E-state index contributed by atoms with van der Waals surface area (Å²) in [5.41, 5.74) is 2.24. The summed E-state index contributed by atoms with van der Waals surface area (Å²) in [5.74, 6) is 2.09. The van der Waals surface area contributed by atoms with Crippen LogP contribution in [0.1, 0.15) is 47.2 Å². The molecule has 0 bridgehead atoms. The number of oxazole rings is 1. The fourth-order valence-corrected chi connectivity index (χ4v) is 4.80. The summed E-state index contributed by atoms with van der Waals surface area (Å²) in [4.78, 5) is 22.6. The molecule has 0 saturated heterocycles. The van der Waals surface area contributed by atoms with E-state index in [0.29, 0.717) is 31.0 Å². The Labute approximate surface area is 180 Å². The average Bonchev–Trinajstić information content (AvgIpc) is 3.42. The van der Waals surface area contributed by atoms with Crippen LogP contribution in [0.2, 0.25) is 0 Å². The number of amides is 1. The summed E-state index contributed by atoms with van der Waals surface area (Å²) >= 11 is 1.85. The van der Waals surface area contributed by atoms with E-state index < -0.39 is 0 Å². The number of rotatable bonds is 9. The first kappa shape index (κ1) is 20.6. The summed E-state index contributed by atoms with van der Waals surface area (Å²) in [6.45, 7) is 0.672. The summed E-state index contributed by atoms with van der Waals surface area (Å²) in [7, 11) is 1.64. The number of ether oxygens (including phenoxy) is 1. The highest BCUT2D eigenvalue weighted by Gasteiger charge is 2.15. The molecule has 1 amide bonds. The van der Waals surface area contributed by atoms with E-state index in [4.69, 9.17) is 14.1 Å². The van der Waals surface area contributed by atoms with Crippen molar-refractivity contribution in [2.45, 2.75) is 51.4 Å². The second-order valence-corrected chi connectivity index (χ2v) is 8.65. The highest BCUT2D eigenvalue weighted by molar-refractivity contribution is 7.11. The Morgan fingerprint density at radius 2 is 2.03 bits per heavy atom. The van der Waals surface area contributed by atoms with Crippen LogP contribution in [0, 0.1) is 0 Å². The van der Waals surface area contributed by atoms with Crippen LogP contribution in [0.5, 0.6) is 5.75 Å². The molecular weight excluding hydrogens is 398 g/mol. The number of carbonyl (C=O) groups excluding carboxylic acids is 1. The molecule has 0 aliphatic heterocycles. The highest BCUT2D eigenvalue weighted by Crippen LogP contribution is 2.27. The minimum absolute atomic E-state index is 0.0256. The van der Waals surface area contributed by atoms with E-state index in [9.17, 15) is 4.79 Å². The Balaban J connectivity index is 1.17. The van der Waals surface area contributed by atoms with Crippen LogP contribution in [0.15, 0.2) is 34.9 Å². The summed E-state index contributed by atoms with van der Waals surface area (Å²) in [6, 6.07) is 7.61. The molecule has 4 rings (SSSR count). The molecule has 7 heteroatoms. The van der Waals surface area contributed by atoms with E-state index in [-0.39, 0.29) is 5.91 Å². The Kier molecular flexibility index (Phi) is 6.79. The molecule has 1 N–H and O–H groups in total. The van der Waals surface area contributed by atoms with Gasteiger partial charge in [0.2, 0.25) is 5.91 Å². The average molecular weight is 426 g/mol. The molecule has 1 aliphatic rings. The van der Waals surface area contributed by atoms with Crippen molar-refractivity contribution in [1.29, 1.82) is 0 Å². The van der Waals surface area contributed by atoms with Crippen molar-refractivity contribution in [2.24, 2.45) is 0 Å². The molecule has 6 nitrogen and oxygen atoms in total. The first-order valence-electron chi connectivity index (χ1n) is 10.5. The van der Waals surface area contributed by atoms with Gasteiger partial charge in [0.15, 0.2) is 11.7 Å². The highest BCUT2D eigenvalue weighted by atomic mass is 32.1. The van der Waals surface area contributed by atoms with Gasteiger partial charge in [-0.2, -0.15) is 0 Å². The lowest BCUT2D eigenvalue weighted by molar-refractivity contribution is -0.121. The van der Waals surface area contributed by atoms with Gasteiger partial charge in [-0.25, -0.2) is 9.97 Å². The van der Waals surface area contributed by atoms with Gasteiger partial charge in [-0.15, -0.1) is 11.3 Å². The van der Waals surface area contributed by atoms with Crippen LogP contribution >= 0.6 is 11.3 Å². The van der Waals surface area contributed by atoms with Crippen LogP contribution < -0.4 is 10.1 Å². The van der Waals surface area contributed by atoms with E-state index in [0.717, 1.165) is 30.6 Å². The predicted molar refractivity (Wildman–Crippen MR) is 117 cm³/mol. The number of fused-ring (bicyclic) bond motifs is 1. The second kappa shape index (κ2) is 9.89. The van der Waals surface area contributed by atoms with Gasteiger partial charge in [-0.3, -0.25) is 4.79 Å². The number of nitrogens with zero attached hydrogens (tertiary/aromatic N) is 2. The fourth-order valence-electron chi connectivity index (χ4n) is 3.60. The second-order valence-electron chi connectivity index (χ2n) is 7.48. The molecule has 2 heterocycles. The van der Waals surface area contributed by atoms with Crippen molar-refractivity contribution in [3.63, 3.8) is 0 Å². The third kappa shape index (κ3) is 5.27. The van der Waals surface area contributed by atoms with Gasteiger partial charge in [0.25, 0.3) is 0 Å². The lowest BCUT2D eigenvalue weighted by atomic mass is 10.0. The SMILES string of the molecule is COc1ccc(-c2cnc(CCC(=O)NCCCc3nc4c(s3)CCCC4)o2)cc1. The van der Waals surface area contributed by atoms with Gasteiger partial charge in [0.1, 0.15) is 5.75 Å². The number of hydrogen-bond acceptors (Lipinski definition) is 6. The summed E-state index contributed by atoms with van der Waals surface area (Å²) < 4.78 is 10.9. The Morgan fingerprint density at radius 1 is 1.20 bits per heavy atom. The fraction of sp³-hybridized carbons (Fsp3) is 0.435. The zero-order valence-electron chi connectivity index (χ0n) is 17.3. The molecule has 1 aliphatic carbocycles. The largest absolute Gasteiger partial charge is 0.497 e. The molecule has 0 atom stereocenters. The Morgan fingerprint density at radius 3 is 2.83 bits per heavy atom. The van der Waals surface area contributed by atoms with Crippen LogP contribution in [0.3, 0.4) is 0 Å². The zero-order chi connectivity index (χ0) is 20.8. The maximum Gasteiger partial charge on any atom is 0.220 e. The molecule has 0 fully saturated rings. The van der Waals surface area contributed by atoms with Gasteiger partial charge in [0, 0.05) is 36.2 Å². The van der Waals surface area contributed by atoms with Crippen LogP contribution in [-0.2, 0) is 30.5 Å². The smallest absolute Gasteiger partial charge is 0.220 e. The van der Waals surface area contributed by atoms with Gasteiger partial charge < -0.3 is 14.5 Å². The number of nitrogens with one attached hydrogen (secondary N) is 1. The summed E-state index contributed by atoms with van der Waals surface area (Å²) in [6.07, 6.45) is 9.27. The van der Waals surface area contributed by atoms with Crippen molar-refractivity contribution in [1.82, 2.24) is 15.3 Å². The predicted octanol–water partition coefficient (Wildman–Crippen LogP) is 4.37. The van der Waals surface area contributed by atoms with Crippen LogP contribution in [0.4, 0.5) is 0 Å². The molecule has 30 heavy (non-hydrogen) atoms. The van der Waals surface area contributed by atoms with E-state index in [2.05, 4.69) is 10.3 Å². The van der Waals surface area contributed by atoms with Crippen molar-refractivity contribution in [3.05, 3.63) is 51.9 Å². The third-order valence-electron chi connectivity index (χ3n) is 5.27. The number of aromatic nitrogens is 2. The maximum atomic E-state index is 12.1. The van der Waals surface area contributed by atoms with Gasteiger partial charge in [-0.05, 0) is 56.4 Å². The normalized spacial score (nSPS) is 13.1. The van der Waals surface area contributed by atoms with Crippen LogP contribution in [0.25, 0.3) is 11.3 Å². The van der Waals surface area contributed by atoms with Gasteiger partial charge >= 0.3 is 0 Å². The standard InChI is InChI=1S/C23H27N3O3S/c1-28-17-10-8-16(9-11-17)19-15-25-22(29-19)13-12-21(27)24-14-4-7-23-26-18-5-2-3-6-20(18)30-23/h8-11,15H,2-7,12-14H2,1H3,(H,24,27). The third-order valence-corrected chi connectivity index (χ3v) is 6.49. The van der Waals surface area contributed by atoms with Gasteiger partial charge in [-0.1, -0.05) is 0 Å². The minimum atomic E-state index is 0.0256. The lowest BCUT2D eigenvalue weighted by Gasteiger charge is -2.06. The van der Waals surface area contributed by atoms with E-state index in [1.807, 2.05) is 35.6 Å². The van der Waals surface area contributed by atoms with Crippen molar-refractivity contribution in [3.8, 4) is 17.1 Å². The molecule has 0 unspecified atom stereocenters. The topological polar surface area (TPSA) is 77.2 Å². The molecule has 0 saturated carbocycles. The monoisotopic (exact) mass is 425 g/mol. The van der Waals surface area contributed by atoms with Crippen molar-refractivity contribution >= 4 is 17.2 Å².